The van der Waals surface area contributed by atoms with Crippen LogP contribution in [0, 0.1) is 0 Å². The first-order chi connectivity index (χ1) is 18.1. The second-order valence-corrected chi connectivity index (χ2v) is 8.77. The Bertz CT molecular complexity index is 1400. The van der Waals surface area contributed by atoms with Crippen LogP contribution in [0.4, 0.5) is 17.2 Å². The second kappa shape index (κ2) is 10.7. The fourth-order valence-corrected chi connectivity index (χ4v) is 4.63. The van der Waals surface area contributed by atoms with Gasteiger partial charge in [0.1, 0.15) is 11.6 Å². The van der Waals surface area contributed by atoms with E-state index in [9.17, 15) is 4.79 Å². The summed E-state index contributed by atoms with van der Waals surface area (Å²) < 4.78 is 15.9. The molecular formula is C29H30N4O4. The van der Waals surface area contributed by atoms with Crippen LogP contribution in [0.5, 0.6) is 17.2 Å². The van der Waals surface area contributed by atoms with E-state index in [0.29, 0.717) is 22.7 Å². The Kier molecular flexibility index (Phi) is 6.98. The van der Waals surface area contributed by atoms with Gasteiger partial charge in [-0.25, -0.2) is 4.98 Å². The summed E-state index contributed by atoms with van der Waals surface area (Å²) in [6.45, 7) is 3.42. The van der Waals surface area contributed by atoms with Gasteiger partial charge in [-0.3, -0.25) is 4.79 Å². The van der Waals surface area contributed by atoms with E-state index in [1.54, 1.807) is 39.5 Å². The summed E-state index contributed by atoms with van der Waals surface area (Å²) in [5.74, 6) is 2.71. The number of hydrogen-bond donors (Lipinski definition) is 1. The van der Waals surface area contributed by atoms with Crippen LogP contribution in [-0.2, 0) is 0 Å². The summed E-state index contributed by atoms with van der Waals surface area (Å²) in [5, 5.41) is 4.96. The predicted octanol–water partition coefficient (Wildman–Crippen LogP) is 4.84. The van der Waals surface area contributed by atoms with Gasteiger partial charge in [-0.1, -0.05) is 6.07 Å². The van der Waals surface area contributed by atoms with Crippen LogP contribution >= 0.6 is 0 Å². The number of fused-ring (bicyclic) bond motifs is 1. The molecule has 0 saturated carbocycles. The Hall–Kier alpha value is -4.46. The lowest BCUT2D eigenvalue weighted by Crippen LogP contribution is -2.46. The number of carbonyl (C=O) groups is 1. The minimum atomic E-state index is -0.201. The molecule has 4 aromatic rings. The standard InChI is InChI=1S/C29H30N4O4/c1-35-24-9-7-23(8-10-24)32-14-16-33(17-15-32)28-25-18-21(5-4-20(25)12-13-30-28)29(34)31-22-6-11-26(36-2)27(19-22)37-3/h4-13,18-19H,14-17H2,1-3H3,(H,31,34). The van der Waals surface area contributed by atoms with Crippen LogP contribution in [0.3, 0.4) is 0 Å². The smallest absolute Gasteiger partial charge is 0.255 e. The van der Waals surface area contributed by atoms with Gasteiger partial charge < -0.3 is 29.3 Å². The van der Waals surface area contributed by atoms with Crippen molar-refractivity contribution in [1.29, 1.82) is 0 Å². The maximum atomic E-state index is 13.1. The van der Waals surface area contributed by atoms with Gasteiger partial charge >= 0.3 is 0 Å². The molecule has 0 aliphatic carbocycles. The van der Waals surface area contributed by atoms with Crippen molar-refractivity contribution in [3.05, 3.63) is 78.5 Å². The Morgan fingerprint density at radius 3 is 2.22 bits per heavy atom. The van der Waals surface area contributed by atoms with E-state index in [1.807, 2.05) is 42.6 Å². The Labute approximate surface area is 216 Å². The van der Waals surface area contributed by atoms with E-state index < -0.39 is 0 Å². The monoisotopic (exact) mass is 498 g/mol. The zero-order chi connectivity index (χ0) is 25.8. The van der Waals surface area contributed by atoms with Gasteiger partial charge in [0.05, 0.1) is 21.3 Å². The van der Waals surface area contributed by atoms with Gasteiger partial charge in [0.15, 0.2) is 11.5 Å². The summed E-state index contributed by atoms with van der Waals surface area (Å²) in [5.41, 5.74) is 2.37. The molecule has 0 atom stereocenters. The van der Waals surface area contributed by atoms with Crippen molar-refractivity contribution in [2.24, 2.45) is 0 Å². The Morgan fingerprint density at radius 2 is 1.51 bits per heavy atom. The molecule has 3 aromatic carbocycles. The van der Waals surface area contributed by atoms with Crippen molar-refractivity contribution in [3.8, 4) is 17.2 Å². The van der Waals surface area contributed by atoms with Gasteiger partial charge in [0, 0.05) is 60.8 Å². The van der Waals surface area contributed by atoms with Crippen LogP contribution in [0.25, 0.3) is 10.8 Å². The topological polar surface area (TPSA) is 76.2 Å². The zero-order valence-electron chi connectivity index (χ0n) is 21.2. The molecule has 1 aliphatic heterocycles. The first kappa shape index (κ1) is 24.2. The third-order valence-electron chi connectivity index (χ3n) is 6.67. The van der Waals surface area contributed by atoms with Gasteiger partial charge in [0.2, 0.25) is 0 Å². The van der Waals surface area contributed by atoms with Crippen LogP contribution in [0.1, 0.15) is 10.4 Å². The normalized spacial score (nSPS) is 13.4. The van der Waals surface area contributed by atoms with Gasteiger partial charge in [-0.2, -0.15) is 0 Å². The third-order valence-corrected chi connectivity index (χ3v) is 6.67. The lowest BCUT2D eigenvalue weighted by Gasteiger charge is -2.37. The number of aromatic nitrogens is 1. The number of ether oxygens (including phenoxy) is 3. The zero-order valence-corrected chi connectivity index (χ0v) is 21.2. The molecular weight excluding hydrogens is 468 g/mol. The highest BCUT2D eigenvalue weighted by Gasteiger charge is 2.21. The number of nitrogens with one attached hydrogen (secondary N) is 1. The first-order valence-electron chi connectivity index (χ1n) is 12.2. The van der Waals surface area contributed by atoms with Crippen LogP contribution in [0.2, 0.25) is 0 Å². The number of anilines is 3. The number of amides is 1. The van der Waals surface area contributed by atoms with Crippen molar-refractivity contribution < 1.29 is 19.0 Å². The Balaban J connectivity index is 1.34. The van der Waals surface area contributed by atoms with Crippen molar-refractivity contribution >= 4 is 33.9 Å². The SMILES string of the molecule is COc1ccc(N2CCN(c3nccc4ccc(C(=O)Nc5ccc(OC)c(OC)c5)cc34)CC2)cc1. The fraction of sp³-hybridized carbons (Fsp3) is 0.241. The molecule has 0 spiro atoms. The number of rotatable bonds is 7. The largest absolute Gasteiger partial charge is 0.497 e. The highest BCUT2D eigenvalue weighted by atomic mass is 16.5. The molecule has 1 aliphatic rings. The van der Waals surface area contributed by atoms with Crippen molar-refractivity contribution in [2.75, 3.05) is 62.6 Å². The van der Waals surface area contributed by atoms with E-state index in [4.69, 9.17) is 19.2 Å². The second-order valence-electron chi connectivity index (χ2n) is 8.77. The van der Waals surface area contributed by atoms with Crippen molar-refractivity contribution in [1.82, 2.24) is 4.98 Å². The molecule has 1 fully saturated rings. The number of benzene rings is 3. The molecule has 8 heteroatoms. The van der Waals surface area contributed by atoms with Gasteiger partial charge in [-0.15, -0.1) is 0 Å². The average molecular weight is 499 g/mol. The predicted molar refractivity (Wildman–Crippen MR) is 147 cm³/mol. The lowest BCUT2D eigenvalue weighted by molar-refractivity contribution is 0.102. The maximum absolute atomic E-state index is 13.1. The number of carbonyl (C=O) groups excluding carboxylic acids is 1. The summed E-state index contributed by atoms with van der Waals surface area (Å²) in [6.07, 6.45) is 1.83. The quantitative estimate of drug-likeness (QED) is 0.391. The molecule has 8 nitrogen and oxygen atoms in total. The number of nitrogens with zero attached hydrogens (tertiary/aromatic N) is 3. The maximum Gasteiger partial charge on any atom is 0.255 e. The van der Waals surface area contributed by atoms with E-state index in [0.717, 1.165) is 48.5 Å². The van der Waals surface area contributed by atoms with E-state index >= 15 is 0 Å². The molecule has 1 saturated heterocycles. The number of pyridine rings is 1. The molecule has 190 valence electrons. The number of piperazine rings is 1. The first-order valence-corrected chi connectivity index (χ1v) is 12.2. The lowest BCUT2D eigenvalue weighted by atomic mass is 10.1. The van der Waals surface area contributed by atoms with Crippen molar-refractivity contribution in [3.63, 3.8) is 0 Å². The number of methoxy groups -OCH3 is 3. The molecule has 5 rings (SSSR count). The van der Waals surface area contributed by atoms with Crippen molar-refractivity contribution in [2.45, 2.75) is 0 Å². The molecule has 0 radical (unpaired) electrons. The third kappa shape index (κ3) is 5.09. The Morgan fingerprint density at radius 1 is 0.784 bits per heavy atom. The van der Waals surface area contributed by atoms with Crippen LogP contribution in [-0.4, -0.2) is 58.4 Å². The highest BCUT2D eigenvalue weighted by Crippen LogP contribution is 2.31. The molecule has 0 bridgehead atoms. The average Bonchev–Trinajstić information content (AvgIpc) is 2.96. The molecule has 0 unspecified atom stereocenters. The molecule has 1 amide bonds. The number of hydrogen-bond acceptors (Lipinski definition) is 7. The molecule has 1 N–H and O–H groups in total. The molecule has 2 heterocycles. The highest BCUT2D eigenvalue weighted by molar-refractivity contribution is 6.07. The summed E-state index contributed by atoms with van der Waals surface area (Å²) >= 11 is 0. The fourth-order valence-electron chi connectivity index (χ4n) is 4.63. The summed E-state index contributed by atoms with van der Waals surface area (Å²) in [4.78, 5) is 22.5. The summed E-state index contributed by atoms with van der Waals surface area (Å²) in [6, 6.07) is 21.2. The summed E-state index contributed by atoms with van der Waals surface area (Å²) in [7, 11) is 4.82. The van der Waals surface area contributed by atoms with Crippen LogP contribution in [0.15, 0.2) is 72.9 Å². The van der Waals surface area contributed by atoms with E-state index in [2.05, 4.69) is 27.2 Å². The minimum Gasteiger partial charge on any atom is -0.497 e. The molecule has 1 aromatic heterocycles. The minimum absolute atomic E-state index is 0.201. The van der Waals surface area contributed by atoms with Crippen LogP contribution < -0.4 is 29.3 Å². The van der Waals surface area contributed by atoms with Gasteiger partial charge in [-0.05, 0) is 60.0 Å². The van der Waals surface area contributed by atoms with Gasteiger partial charge in [0.25, 0.3) is 5.91 Å². The van der Waals surface area contributed by atoms with E-state index in [1.165, 1.54) is 5.69 Å². The van der Waals surface area contributed by atoms with E-state index in [-0.39, 0.29) is 5.91 Å². The molecule has 37 heavy (non-hydrogen) atoms.